The lowest BCUT2D eigenvalue weighted by Crippen LogP contribution is -1.97. The number of pyridine rings is 1. The zero-order valence-corrected chi connectivity index (χ0v) is 13.8. The molecule has 2 heterocycles. The van der Waals surface area contributed by atoms with Crippen LogP contribution in [0.5, 0.6) is 0 Å². The molecule has 0 bridgehead atoms. The topological polar surface area (TPSA) is 69.6 Å². The average Bonchev–Trinajstić information content (AvgIpc) is 2.89. The van der Waals surface area contributed by atoms with E-state index in [0.717, 1.165) is 5.56 Å². The van der Waals surface area contributed by atoms with Gasteiger partial charge in [-0.2, -0.15) is 0 Å². The molecule has 1 aromatic carbocycles. The van der Waals surface area contributed by atoms with Gasteiger partial charge >= 0.3 is 0 Å². The van der Waals surface area contributed by atoms with Gasteiger partial charge in [0.2, 0.25) is 0 Å². The van der Waals surface area contributed by atoms with Crippen LogP contribution in [0.15, 0.2) is 36.5 Å². The predicted octanol–water partition coefficient (Wildman–Crippen LogP) is 3.94. The van der Waals surface area contributed by atoms with E-state index in [2.05, 4.69) is 15.2 Å². The third-order valence-electron chi connectivity index (χ3n) is 3.32. The summed E-state index contributed by atoms with van der Waals surface area (Å²) < 4.78 is 1.83. The molecule has 0 fully saturated rings. The van der Waals surface area contributed by atoms with Gasteiger partial charge in [-0.05, 0) is 36.4 Å². The molecule has 7 heteroatoms. The van der Waals surface area contributed by atoms with Crippen molar-refractivity contribution in [3.8, 4) is 11.5 Å². The number of hydrogen-bond donors (Lipinski definition) is 1. The summed E-state index contributed by atoms with van der Waals surface area (Å²) in [6.07, 6.45) is 5.21. The highest BCUT2D eigenvalue weighted by Gasteiger charge is 2.10. The maximum Gasteiger partial charge on any atom is 0.182 e. The summed E-state index contributed by atoms with van der Waals surface area (Å²) in [6, 6.07) is 8.95. The Kier molecular flexibility index (Phi) is 4.32. The smallest absolute Gasteiger partial charge is 0.182 e. The molecule has 0 aliphatic rings. The molecule has 0 atom stereocenters. The zero-order chi connectivity index (χ0) is 16.4. The lowest BCUT2D eigenvalue weighted by Gasteiger charge is -2.02. The third-order valence-corrected chi connectivity index (χ3v) is 3.98. The number of benzene rings is 1. The molecule has 5 nitrogen and oxygen atoms in total. The SMILES string of the molecule is Cn1c(/C=C/c2c(Cl)cccc2Cl)nnc1-c1ccc(N)cn1. The maximum atomic E-state index is 6.15. The van der Waals surface area contributed by atoms with Gasteiger partial charge in [0.05, 0.1) is 11.9 Å². The standard InChI is InChI=1S/C16H13Cl2N5/c1-23-15(8-6-11-12(17)3-2-4-13(11)18)21-22-16(23)14-7-5-10(19)9-20-14/h2-9H,19H2,1H3/b8-6+. The van der Waals surface area contributed by atoms with Gasteiger partial charge in [-0.15, -0.1) is 10.2 Å². The molecule has 0 spiro atoms. The number of nitrogens with zero attached hydrogens (tertiary/aromatic N) is 4. The van der Waals surface area contributed by atoms with Crippen LogP contribution in [0.25, 0.3) is 23.7 Å². The van der Waals surface area contributed by atoms with Crippen molar-refractivity contribution in [1.29, 1.82) is 0 Å². The molecule has 3 aromatic rings. The van der Waals surface area contributed by atoms with Crippen molar-refractivity contribution in [3.05, 3.63) is 58.0 Å². The van der Waals surface area contributed by atoms with Crippen molar-refractivity contribution in [2.45, 2.75) is 0 Å². The van der Waals surface area contributed by atoms with E-state index in [-0.39, 0.29) is 0 Å². The first kappa shape index (κ1) is 15.5. The van der Waals surface area contributed by atoms with Crippen LogP contribution in [0.4, 0.5) is 5.69 Å². The number of nitrogens with two attached hydrogens (primary N) is 1. The number of rotatable bonds is 3. The molecule has 23 heavy (non-hydrogen) atoms. The quantitative estimate of drug-likeness (QED) is 0.780. The average molecular weight is 346 g/mol. The molecule has 0 amide bonds. The van der Waals surface area contributed by atoms with Gasteiger partial charge in [0.25, 0.3) is 0 Å². The van der Waals surface area contributed by atoms with E-state index in [1.54, 1.807) is 42.6 Å². The first-order chi connectivity index (χ1) is 11.1. The van der Waals surface area contributed by atoms with Gasteiger partial charge in [0, 0.05) is 22.7 Å². The van der Waals surface area contributed by atoms with Crippen molar-refractivity contribution in [3.63, 3.8) is 0 Å². The Balaban J connectivity index is 1.93. The van der Waals surface area contributed by atoms with E-state index >= 15 is 0 Å². The van der Waals surface area contributed by atoms with E-state index in [4.69, 9.17) is 28.9 Å². The van der Waals surface area contributed by atoms with Gasteiger partial charge in [-0.1, -0.05) is 29.3 Å². The summed E-state index contributed by atoms with van der Waals surface area (Å²) >= 11 is 12.3. The van der Waals surface area contributed by atoms with Crippen LogP contribution in [-0.4, -0.2) is 19.7 Å². The summed E-state index contributed by atoms with van der Waals surface area (Å²) in [5.74, 6) is 1.31. The first-order valence-corrected chi connectivity index (χ1v) is 7.55. The summed E-state index contributed by atoms with van der Waals surface area (Å²) in [7, 11) is 1.86. The van der Waals surface area contributed by atoms with E-state index in [0.29, 0.717) is 33.1 Å². The Morgan fingerprint density at radius 1 is 1.04 bits per heavy atom. The van der Waals surface area contributed by atoms with Gasteiger partial charge < -0.3 is 10.3 Å². The molecule has 0 radical (unpaired) electrons. The molecule has 0 aliphatic heterocycles. The fraction of sp³-hybridized carbons (Fsp3) is 0.0625. The van der Waals surface area contributed by atoms with E-state index in [1.807, 2.05) is 17.7 Å². The van der Waals surface area contributed by atoms with Gasteiger partial charge in [-0.25, -0.2) is 0 Å². The van der Waals surface area contributed by atoms with Crippen molar-refractivity contribution in [2.75, 3.05) is 5.73 Å². The second kappa shape index (κ2) is 6.40. The maximum absolute atomic E-state index is 6.15. The molecule has 0 unspecified atom stereocenters. The van der Waals surface area contributed by atoms with Crippen LogP contribution < -0.4 is 5.73 Å². The Bertz CT molecular complexity index is 848. The van der Waals surface area contributed by atoms with Crippen LogP contribution in [0.1, 0.15) is 11.4 Å². The molecule has 0 saturated carbocycles. The molecule has 116 valence electrons. The number of hydrogen-bond acceptors (Lipinski definition) is 4. The molecular weight excluding hydrogens is 333 g/mol. The van der Waals surface area contributed by atoms with E-state index in [1.165, 1.54) is 0 Å². The fourth-order valence-electron chi connectivity index (χ4n) is 2.07. The first-order valence-electron chi connectivity index (χ1n) is 6.79. The van der Waals surface area contributed by atoms with Crippen molar-refractivity contribution in [2.24, 2.45) is 7.05 Å². The van der Waals surface area contributed by atoms with Crippen LogP contribution in [0.2, 0.25) is 10.0 Å². The predicted molar refractivity (Wildman–Crippen MR) is 94.0 cm³/mol. The van der Waals surface area contributed by atoms with E-state index < -0.39 is 0 Å². The summed E-state index contributed by atoms with van der Waals surface area (Å²) in [4.78, 5) is 4.25. The summed E-state index contributed by atoms with van der Waals surface area (Å²) in [5, 5.41) is 9.48. The highest BCUT2D eigenvalue weighted by atomic mass is 35.5. The minimum atomic E-state index is 0.580. The van der Waals surface area contributed by atoms with Crippen molar-refractivity contribution >= 4 is 41.0 Å². The fourth-order valence-corrected chi connectivity index (χ4v) is 2.60. The summed E-state index contributed by atoms with van der Waals surface area (Å²) in [6.45, 7) is 0. The minimum absolute atomic E-state index is 0.580. The second-order valence-electron chi connectivity index (χ2n) is 4.89. The Labute approximate surface area is 143 Å². The monoisotopic (exact) mass is 345 g/mol. The lowest BCUT2D eigenvalue weighted by atomic mass is 10.2. The molecule has 2 N–H and O–H groups in total. The minimum Gasteiger partial charge on any atom is -0.397 e. The summed E-state index contributed by atoms with van der Waals surface area (Å²) in [5.41, 5.74) is 7.69. The third kappa shape index (κ3) is 3.21. The number of nitrogen functional groups attached to an aromatic ring is 1. The Hall–Kier alpha value is -2.37. The zero-order valence-electron chi connectivity index (χ0n) is 12.2. The van der Waals surface area contributed by atoms with Crippen molar-refractivity contribution in [1.82, 2.24) is 19.7 Å². The highest BCUT2D eigenvalue weighted by Crippen LogP contribution is 2.26. The van der Waals surface area contributed by atoms with Crippen LogP contribution in [-0.2, 0) is 7.05 Å². The lowest BCUT2D eigenvalue weighted by molar-refractivity contribution is 0.900. The van der Waals surface area contributed by atoms with Gasteiger partial charge in [0.15, 0.2) is 11.6 Å². The van der Waals surface area contributed by atoms with Crippen LogP contribution in [0, 0.1) is 0 Å². The molecule has 0 aliphatic carbocycles. The van der Waals surface area contributed by atoms with Crippen LogP contribution >= 0.6 is 23.2 Å². The highest BCUT2D eigenvalue weighted by molar-refractivity contribution is 6.37. The normalized spacial score (nSPS) is 11.3. The van der Waals surface area contributed by atoms with Crippen LogP contribution in [0.3, 0.4) is 0 Å². The van der Waals surface area contributed by atoms with Crippen molar-refractivity contribution < 1.29 is 0 Å². The molecule has 0 saturated heterocycles. The largest absolute Gasteiger partial charge is 0.397 e. The van der Waals surface area contributed by atoms with E-state index in [9.17, 15) is 0 Å². The van der Waals surface area contributed by atoms with Gasteiger partial charge in [0.1, 0.15) is 5.69 Å². The molecule has 3 rings (SSSR count). The molecular formula is C16H13Cl2N5. The Morgan fingerprint density at radius 2 is 1.78 bits per heavy atom. The number of halogens is 2. The molecule has 2 aromatic heterocycles. The Morgan fingerprint density at radius 3 is 2.43 bits per heavy atom. The van der Waals surface area contributed by atoms with Gasteiger partial charge in [-0.3, -0.25) is 4.98 Å². The number of anilines is 1. The number of aromatic nitrogens is 4. The second-order valence-corrected chi connectivity index (χ2v) is 5.70.